The number of nitrogens with one attached hydrogen (secondary N) is 1. The molecule has 0 amide bonds. The van der Waals surface area contributed by atoms with Crippen LogP contribution in [0.2, 0.25) is 5.02 Å². The fourth-order valence-electron chi connectivity index (χ4n) is 3.59. The fourth-order valence-corrected chi connectivity index (χ4v) is 3.77. The lowest BCUT2D eigenvalue weighted by Crippen LogP contribution is -2.43. The third-order valence-electron chi connectivity index (χ3n) is 4.93. The smallest absolute Gasteiger partial charge is 0.127 e. The Kier molecular flexibility index (Phi) is 5.07. The Labute approximate surface area is 154 Å². The van der Waals surface area contributed by atoms with Gasteiger partial charge in [-0.3, -0.25) is 0 Å². The van der Waals surface area contributed by atoms with Crippen molar-refractivity contribution in [2.75, 3.05) is 32.7 Å². The predicted octanol–water partition coefficient (Wildman–Crippen LogP) is 3.96. The molecule has 4 rings (SSSR count). The van der Waals surface area contributed by atoms with Crippen molar-refractivity contribution >= 4 is 17.2 Å². The maximum Gasteiger partial charge on any atom is 0.127 e. The van der Waals surface area contributed by atoms with Crippen LogP contribution < -0.4 is 10.1 Å². The lowest BCUT2D eigenvalue weighted by atomic mass is 9.93. The molecule has 2 aromatic rings. The van der Waals surface area contributed by atoms with E-state index in [9.17, 15) is 0 Å². The van der Waals surface area contributed by atoms with Crippen molar-refractivity contribution in [1.82, 2.24) is 10.2 Å². The van der Waals surface area contributed by atoms with Crippen molar-refractivity contribution in [1.29, 1.82) is 0 Å². The van der Waals surface area contributed by atoms with E-state index in [1.807, 2.05) is 18.2 Å². The number of piperazine rings is 1. The van der Waals surface area contributed by atoms with Gasteiger partial charge >= 0.3 is 0 Å². The molecule has 2 heterocycles. The van der Waals surface area contributed by atoms with Crippen molar-refractivity contribution < 1.29 is 4.74 Å². The van der Waals surface area contributed by atoms with Crippen LogP contribution in [0.3, 0.4) is 0 Å². The second-order valence-electron chi connectivity index (χ2n) is 6.58. The molecule has 0 aromatic heterocycles. The number of ether oxygens (including phenoxy) is 1. The molecule has 1 fully saturated rings. The molecule has 0 spiro atoms. The first-order valence-electron chi connectivity index (χ1n) is 8.95. The molecule has 130 valence electrons. The SMILES string of the molecule is Clc1ccc2c(c1)/C(=C/CCN1CCNCC1)c1ccccc1CO2. The van der Waals surface area contributed by atoms with Crippen LogP contribution in [0.4, 0.5) is 0 Å². The van der Waals surface area contributed by atoms with Crippen molar-refractivity contribution in [3.05, 3.63) is 70.3 Å². The highest BCUT2D eigenvalue weighted by atomic mass is 35.5. The van der Waals surface area contributed by atoms with Crippen LogP contribution in [0.25, 0.3) is 5.57 Å². The Morgan fingerprint density at radius 1 is 1.08 bits per heavy atom. The number of benzene rings is 2. The Hall–Kier alpha value is -1.81. The van der Waals surface area contributed by atoms with E-state index in [0.717, 1.165) is 55.5 Å². The van der Waals surface area contributed by atoms with E-state index >= 15 is 0 Å². The monoisotopic (exact) mass is 354 g/mol. The van der Waals surface area contributed by atoms with E-state index in [4.69, 9.17) is 16.3 Å². The van der Waals surface area contributed by atoms with Gasteiger partial charge in [0.2, 0.25) is 0 Å². The molecule has 25 heavy (non-hydrogen) atoms. The summed E-state index contributed by atoms with van der Waals surface area (Å²) in [6.07, 6.45) is 3.38. The van der Waals surface area contributed by atoms with E-state index in [2.05, 4.69) is 40.6 Å². The molecule has 1 saturated heterocycles. The van der Waals surface area contributed by atoms with Gasteiger partial charge in [0.1, 0.15) is 12.4 Å². The summed E-state index contributed by atoms with van der Waals surface area (Å²) in [5, 5.41) is 4.15. The summed E-state index contributed by atoms with van der Waals surface area (Å²) in [5.41, 5.74) is 4.81. The largest absolute Gasteiger partial charge is 0.488 e. The van der Waals surface area contributed by atoms with E-state index in [-0.39, 0.29) is 0 Å². The van der Waals surface area contributed by atoms with Gasteiger partial charge in [-0.05, 0) is 41.3 Å². The van der Waals surface area contributed by atoms with Gasteiger partial charge in [-0.25, -0.2) is 0 Å². The molecule has 4 heteroatoms. The van der Waals surface area contributed by atoms with Gasteiger partial charge in [-0.15, -0.1) is 0 Å². The highest BCUT2D eigenvalue weighted by Crippen LogP contribution is 2.38. The topological polar surface area (TPSA) is 24.5 Å². The van der Waals surface area contributed by atoms with Crippen LogP contribution in [0, 0.1) is 0 Å². The molecule has 0 unspecified atom stereocenters. The first kappa shape index (κ1) is 16.6. The third kappa shape index (κ3) is 3.74. The Balaban J connectivity index is 1.66. The van der Waals surface area contributed by atoms with Crippen LogP contribution in [-0.4, -0.2) is 37.6 Å². The summed E-state index contributed by atoms with van der Waals surface area (Å²) in [5.74, 6) is 0.911. The van der Waals surface area contributed by atoms with Gasteiger partial charge in [-0.1, -0.05) is 41.9 Å². The van der Waals surface area contributed by atoms with Crippen molar-refractivity contribution in [2.45, 2.75) is 13.0 Å². The zero-order chi connectivity index (χ0) is 17.1. The second-order valence-corrected chi connectivity index (χ2v) is 7.02. The molecule has 0 radical (unpaired) electrons. The first-order valence-corrected chi connectivity index (χ1v) is 9.33. The average molecular weight is 355 g/mol. The lowest BCUT2D eigenvalue weighted by molar-refractivity contribution is 0.245. The molecule has 0 bridgehead atoms. The minimum atomic E-state index is 0.597. The number of nitrogens with zero attached hydrogens (tertiary/aromatic N) is 1. The van der Waals surface area contributed by atoms with Crippen LogP contribution in [0.5, 0.6) is 5.75 Å². The van der Waals surface area contributed by atoms with Gasteiger partial charge in [0, 0.05) is 43.3 Å². The zero-order valence-electron chi connectivity index (χ0n) is 14.3. The average Bonchev–Trinajstić information content (AvgIpc) is 2.80. The quantitative estimate of drug-likeness (QED) is 0.903. The number of hydrogen-bond acceptors (Lipinski definition) is 3. The molecule has 2 aromatic carbocycles. The normalized spacial score (nSPS) is 19.0. The Bertz CT molecular complexity index is 781. The molecule has 0 atom stereocenters. The second kappa shape index (κ2) is 7.61. The van der Waals surface area contributed by atoms with Crippen molar-refractivity contribution in [3.8, 4) is 5.75 Å². The van der Waals surface area contributed by atoms with Crippen LogP contribution in [0.1, 0.15) is 23.1 Å². The Morgan fingerprint density at radius 3 is 2.80 bits per heavy atom. The zero-order valence-corrected chi connectivity index (χ0v) is 15.1. The van der Waals surface area contributed by atoms with Gasteiger partial charge in [0.25, 0.3) is 0 Å². The molecule has 0 saturated carbocycles. The summed E-state index contributed by atoms with van der Waals surface area (Å²) in [6.45, 7) is 6.12. The standard InChI is InChI=1S/C21H23ClN2O/c22-17-7-8-21-20(14-17)19(6-3-11-24-12-9-23-10-13-24)18-5-2-1-4-16(18)15-25-21/h1-2,4-8,14,23H,3,9-13,15H2/b19-6+. The number of rotatable bonds is 3. The molecular weight excluding hydrogens is 332 g/mol. The minimum absolute atomic E-state index is 0.597. The lowest BCUT2D eigenvalue weighted by Gasteiger charge is -2.26. The van der Waals surface area contributed by atoms with Crippen molar-refractivity contribution in [3.63, 3.8) is 0 Å². The number of fused-ring (bicyclic) bond motifs is 2. The van der Waals surface area contributed by atoms with E-state index in [1.165, 1.54) is 16.7 Å². The predicted molar refractivity (Wildman–Crippen MR) is 103 cm³/mol. The van der Waals surface area contributed by atoms with E-state index in [0.29, 0.717) is 6.61 Å². The first-order chi connectivity index (χ1) is 12.3. The third-order valence-corrected chi connectivity index (χ3v) is 5.16. The van der Waals surface area contributed by atoms with Crippen LogP contribution in [-0.2, 0) is 6.61 Å². The van der Waals surface area contributed by atoms with Gasteiger partial charge in [0.05, 0.1) is 0 Å². The summed E-state index contributed by atoms with van der Waals surface area (Å²) < 4.78 is 6.04. The van der Waals surface area contributed by atoms with Crippen molar-refractivity contribution in [2.24, 2.45) is 0 Å². The molecule has 3 nitrogen and oxygen atoms in total. The highest BCUT2D eigenvalue weighted by molar-refractivity contribution is 6.30. The molecular formula is C21H23ClN2O. The summed E-state index contributed by atoms with van der Waals surface area (Å²) in [4.78, 5) is 2.52. The summed E-state index contributed by atoms with van der Waals surface area (Å²) >= 11 is 6.28. The van der Waals surface area contributed by atoms with Gasteiger partial charge < -0.3 is 15.0 Å². The van der Waals surface area contributed by atoms with Gasteiger partial charge in [0.15, 0.2) is 0 Å². The van der Waals surface area contributed by atoms with Crippen LogP contribution >= 0.6 is 11.6 Å². The van der Waals surface area contributed by atoms with E-state index in [1.54, 1.807) is 0 Å². The maximum absolute atomic E-state index is 6.28. The fraction of sp³-hybridized carbons (Fsp3) is 0.333. The minimum Gasteiger partial charge on any atom is -0.488 e. The molecule has 2 aliphatic rings. The molecule has 2 aliphatic heterocycles. The number of hydrogen-bond donors (Lipinski definition) is 1. The number of halogens is 1. The maximum atomic E-state index is 6.28. The highest BCUT2D eigenvalue weighted by Gasteiger charge is 2.19. The molecule has 0 aliphatic carbocycles. The van der Waals surface area contributed by atoms with Gasteiger partial charge in [-0.2, -0.15) is 0 Å². The van der Waals surface area contributed by atoms with E-state index < -0.39 is 0 Å². The summed E-state index contributed by atoms with van der Waals surface area (Å²) in [7, 11) is 0. The summed E-state index contributed by atoms with van der Waals surface area (Å²) in [6, 6.07) is 14.4. The van der Waals surface area contributed by atoms with Crippen LogP contribution in [0.15, 0.2) is 48.5 Å². The molecule has 1 N–H and O–H groups in total. The Morgan fingerprint density at radius 2 is 1.92 bits per heavy atom.